The fourth-order valence-corrected chi connectivity index (χ4v) is 4.85. The van der Waals surface area contributed by atoms with E-state index in [4.69, 9.17) is 27.9 Å². The van der Waals surface area contributed by atoms with Gasteiger partial charge in [0.25, 0.3) is 0 Å². The van der Waals surface area contributed by atoms with Crippen LogP contribution in [0.25, 0.3) is 23.1 Å². The summed E-state index contributed by atoms with van der Waals surface area (Å²) in [7, 11) is 0. The molecule has 0 saturated carbocycles. The number of aromatic nitrogens is 5. The maximum atomic E-state index is 9.68. The smallest absolute Gasteiger partial charge is 0.124 e. The topological polar surface area (TPSA) is 100 Å². The zero-order valence-electron chi connectivity index (χ0n) is 19.0. The Kier molecular flexibility index (Phi) is 6.97. The van der Waals surface area contributed by atoms with Gasteiger partial charge in [-0.3, -0.25) is 15.0 Å². The number of ether oxygens (including phenoxy) is 1. The molecular weight excluding hydrogens is 487 g/mol. The van der Waals surface area contributed by atoms with Crippen LogP contribution < -0.4 is 4.74 Å². The van der Waals surface area contributed by atoms with Crippen molar-refractivity contribution in [2.75, 3.05) is 13.1 Å². The number of aromatic amines is 1. The highest BCUT2D eigenvalue weighted by Gasteiger charge is 2.20. The Bertz CT molecular complexity index is 1340. The molecule has 180 valence electrons. The number of nitrogens with zero attached hydrogens (tertiary/aromatic N) is 5. The molecule has 2 atom stereocenters. The predicted molar refractivity (Wildman–Crippen MR) is 136 cm³/mol. The van der Waals surface area contributed by atoms with Crippen LogP contribution in [0.1, 0.15) is 42.1 Å². The lowest BCUT2D eigenvalue weighted by atomic mass is 10.1. The Hall–Kier alpha value is -3.04. The molecule has 1 aliphatic rings. The fourth-order valence-electron chi connectivity index (χ4n) is 4.18. The van der Waals surface area contributed by atoms with Gasteiger partial charge in [-0.05, 0) is 55.8 Å². The summed E-state index contributed by atoms with van der Waals surface area (Å²) >= 11 is 12.6. The van der Waals surface area contributed by atoms with E-state index in [1.54, 1.807) is 12.4 Å². The molecule has 1 aliphatic heterocycles. The second-order valence-electron chi connectivity index (χ2n) is 8.55. The molecule has 8 nitrogen and oxygen atoms in total. The Labute approximate surface area is 212 Å². The van der Waals surface area contributed by atoms with Crippen LogP contribution >= 0.6 is 23.2 Å². The van der Waals surface area contributed by atoms with E-state index in [0.29, 0.717) is 34.4 Å². The maximum Gasteiger partial charge on any atom is 0.124 e. The number of aliphatic hydroxyl groups is 1. The zero-order valence-corrected chi connectivity index (χ0v) is 20.5. The van der Waals surface area contributed by atoms with Crippen molar-refractivity contribution in [1.29, 1.82) is 0 Å². The predicted octanol–water partition coefficient (Wildman–Crippen LogP) is 4.93. The van der Waals surface area contributed by atoms with E-state index < -0.39 is 0 Å². The first-order valence-corrected chi connectivity index (χ1v) is 12.1. The van der Waals surface area contributed by atoms with Crippen LogP contribution in [0.5, 0.6) is 5.75 Å². The van der Waals surface area contributed by atoms with Crippen LogP contribution in [0, 0.1) is 0 Å². The first kappa shape index (κ1) is 23.7. The van der Waals surface area contributed by atoms with Gasteiger partial charge in [-0.1, -0.05) is 23.2 Å². The summed E-state index contributed by atoms with van der Waals surface area (Å²) in [5, 5.41) is 27.6. The molecule has 2 N–H and O–H groups in total. The number of H-pyrrole nitrogens is 1. The Balaban J connectivity index is 1.30. The third-order valence-electron chi connectivity index (χ3n) is 5.96. The summed E-state index contributed by atoms with van der Waals surface area (Å²) in [4.78, 5) is 6.17. The van der Waals surface area contributed by atoms with Crippen molar-refractivity contribution in [3.63, 3.8) is 0 Å². The van der Waals surface area contributed by atoms with Crippen molar-refractivity contribution < 1.29 is 9.84 Å². The molecule has 1 saturated heterocycles. The minimum atomic E-state index is -0.362. The van der Waals surface area contributed by atoms with Crippen molar-refractivity contribution >= 4 is 46.3 Å². The number of pyridine rings is 1. The summed E-state index contributed by atoms with van der Waals surface area (Å²) in [6.07, 6.45) is 7.08. The number of halogens is 2. The molecule has 0 radical (unpaired) electrons. The standard InChI is InChI=1S/C25H24Cl2N6O2/c1-15(25-21(26)11-28-12-22(25)27)35-19-5-7-24-20(10-19)23(31-32-24)6-4-16-2-3-17(30-29-16)13-33-9-8-18(34)14-33/h2-7,10-12,15,18,34H,8-9,13-14H2,1H3,(H,31,32)/b6-4+/t15-,18?/m1/s1. The quantitative estimate of drug-likeness (QED) is 0.363. The molecule has 0 bridgehead atoms. The van der Waals surface area contributed by atoms with E-state index in [-0.39, 0.29) is 12.2 Å². The molecule has 5 rings (SSSR count). The first-order chi connectivity index (χ1) is 17.0. The van der Waals surface area contributed by atoms with Gasteiger partial charge >= 0.3 is 0 Å². The molecule has 1 fully saturated rings. The summed E-state index contributed by atoms with van der Waals surface area (Å²) in [6, 6.07) is 9.61. The number of hydrogen-bond acceptors (Lipinski definition) is 7. The summed E-state index contributed by atoms with van der Waals surface area (Å²) in [5.74, 6) is 0.668. The monoisotopic (exact) mass is 510 g/mol. The van der Waals surface area contributed by atoms with Gasteiger partial charge < -0.3 is 9.84 Å². The number of likely N-dealkylation sites (tertiary alicyclic amines) is 1. The van der Waals surface area contributed by atoms with Gasteiger partial charge in [0, 0.05) is 43.0 Å². The second-order valence-corrected chi connectivity index (χ2v) is 9.37. The van der Waals surface area contributed by atoms with Crippen molar-refractivity contribution in [2.45, 2.75) is 32.1 Å². The van der Waals surface area contributed by atoms with E-state index in [1.807, 2.05) is 49.4 Å². The van der Waals surface area contributed by atoms with Gasteiger partial charge in [-0.2, -0.15) is 15.3 Å². The van der Waals surface area contributed by atoms with Gasteiger partial charge in [-0.15, -0.1) is 0 Å². The van der Waals surface area contributed by atoms with Gasteiger partial charge in [-0.25, -0.2) is 0 Å². The minimum absolute atomic E-state index is 0.241. The lowest BCUT2D eigenvalue weighted by Crippen LogP contribution is -2.22. The number of benzene rings is 1. The van der Waals surface area contributed by atoms with Crippen molar-refractivity contribution in [1.82, 2.24) is 30.3 Å². The molecule has 0 spiro atoms. The number of aliphatic hydroxyl groups excluding tert-OH is 1. The van der Waals surface area contributed by atoms with E-state index in [9.17, 15) is 5.11 Å². The molecule has 3 aromatic heterocycles. The SMILES string of the molecule is C[C@@H](Oc1ccc2[nH]nc(/C=C/c3ccc(CN4CCC(O)C4)nn3)c2c1)c1c(Cl)cncc1Cl. The van der Waals surface area contributed by atoms with Crippen LogP contribution in [-0.4, -0.2) is 54.6 Å². The molecule has 35 heavy (non-hydrogen) atoms. The number of fused-ring (bicyclic) bond motifs is 1. The summed E-state index contributed by atoms with van der Waals surface area (Å²) < 4.78 is 6.13. The van der Waals surface area contributed by atoms with Crippen LogP contribution in [0.4, 0.5) is 0 Å². The van der Waals surface area contributed by atoms with E-state index >= 15 is 0 Å². The fraction of sp³-hybridized carbons (Fsp3) is 0.280. The number of β-amino-alcohol motifs (C(OH)–C–C–N with tert-alkyl or cyclic N) is 1. The number of rotatable bonds is 7. The molecule has 0 amide bonds. The normalized spacial score (nSPS) is 17.4. The van der Waals surface area contributed by atoms with E-state index in [2.05, 4.69) is 30.3 Å². The Morgan fingerprint density at radius 2 is 2.00 bits per heavy atom. The van der Waals surface area contributed by atoms with Gasteiger partial charge in [0.1, 0.15) is 11.9 Å². The van der Waals surface area contributed by atoms with Crippen LogP contribution in [0.3, 0.4) is 0 Å². The Morgan fingerprint density at radius 3 is 2.71 bits per heavy atom. The number of hydrogen-bond donors (Lipinski definition) is 2. The van der Waals surface area contributed by atoms with Crippen molar-refractivity contribution in [2.24, 2.45) is 0 Å². The van der Waals surface area contributed by atoms with E-state index in [1.165, 1.54) is 0 Å². The highest BCUT2D eigenvalue weighted by molar-refractivity contribution is 6.35. The Morgan fingerprint density at radius 1 is 1.17 bits per heavy atom. The highest BCUT2D eigenvalue weighted by Crippen LogP contribution is 2.33. The van der Waals surface area contributed by atoms with Crippen LogP contribution in [-0.2, 0) is 6.54 Å². The molecule has 4 aromatic rings. The van der Waals surface area contributed by atoms with Gasteiger partial charge in [0.15, 0.2) is 0 Å². The average Bonchev–Trinajstić information content (AvgIpc) is 3.44. The van der Waals surface area contributed by atoms with Gasteiger partial charge in [0.2, 0.25) is 0 Å². The van der Waals surface area contributed by atoms with Gasteiger partial charge in [0.05, 0.1) is 38.7 Å². The average molecular weight is 511 g/mol. The molecule has 0 aliphatic carbocycles. The molecule has 10 heteroatoms. The first-order valence-electron chi connectivity index (χ1n) is 11.3. The maximum absolute atomic E-state index is 9.68. The lowest BCUT2D eigenvalue weighted by molar-refractivity contribution is 0.174. The zero-order chi connectivity index (χ0) is 24.4. The number of nitrogens with one attached hydrogen (secondary N) is 1. The van der Waals surface area contributed by atoms with E-state index in [0.717, 1.165) is 41.0 Å². The van der Waals surface area contributed by atoms with Crippen molar-refractivity contribution in [3.05, 3.63) is 75.4 Å². The highest BCUT2D eigenvalue weighted by atomic mass is 35.5. The van der Waals surface area contributed by atoms with Crippen molar-refractivity contribution in [3.8, 4) is 5.75 Å². The molecule has 1 aromatic carbocycles. The lowest BCUT2D eigenvalue weighted by Gasteiger charge is -2.17. The third-order valence-corrected chi connectivity index (χ3v) is 6.56. The largest absolute Gasteiger partial charge is 0.486 e. The minimum Gasteiger partial charge on any atom is -0.486 e. The van der Waals surface area contributed by atoms with Crippen LogP contribution in [0.2, 0.25) is 10.0 Å². The summed E-state index contributed by atoms with van der Waals surface area (Å²) in [6.45, 7) is 4.14. The third kappa shape index (κ3) is 5.46. The molecular formula is C25H24Cl2N6O2. The summed E-state index contributed by atoms with van der Waals surface area (Å²) in [5.41, 5.74) is 3.95. The molecule has 4 heterocycles. The second kappa shape index (κ2) is 10.3. The van der Waals surface area contributed by atoms with Crippen LogP contribution in [0.15, 0.2) is 42.7 Å². The molecule has 1 unspecified atom stereocenters.